The van der Waals surface area contributed by atoms with Crippen LogP contribution in [0.4, 0.5) is 0 Å². The third-order valence-corrected chi connectivity index (χ3v) is 4.74. The number of carbonyl (C=O) groups is 3. The zero-order valence-electron chi connectivity index (χ0n) is 13.9. The summed E-state index contributed by atoms with van der Waals surface area (Å²) < 4.78 is 9.58. The van der Waals surface area contributed by atoms with Crippen molar-refractivity contribution in [2.24, 2.45) is 0 Å². The van der Waals surface area contributed by atoms with Crippen LogP contribution < -0.4 is 5.32 Å². The fourth-order valence-corrected chi connectivity index (χ4v) is 3.43. The highest BCUT2D eigenvalue weighted by molar-refractivity contribution is 5.89. The Morgan fingerprint density at radius 2 is 2.09 bits per heavy atom. The Balaban J connectivity index is 2.08. The molecule has 0 aliphatic carbocycles. The lowest BCUT2D eigenvalue weighted by Crippen LogP contribution is -2.52. The van der Waals surface area contributed by atoms with Gasteiger partial charge < -0.3 is 19.7 Å². The first-order valence-electron chi connectivity index (χ1n) is 7.84. The Labute approximate surface area is 136 Å². The van der Waals surface area contributed by atoms with Crippen LogP contribution >= 0.6 is 0 Å². The number of esters is 1. The van der Waals surface area contributed by atoms with E-state index >= 15 is 0 Å². The molecule has 1 N–H and O–H groups in total. The molecule has 2 fully saturated rings. The van der Waals surface area contributed by atoms with Gasteiger partial charge in [-0.05, 0) is 19.9 Å². The number of likely N-dealkylation sites (tertiary alicyclic amines) is 1. The number of nitrogens with zero attached hydrogens (tertiary/aromatic N) is 2. The minimum Gasteiger partial charge on any atom is -0.469 e. The summed E-state index contributed by atoms with van der Waals surface area (Å²) >= 11 is 0. The minimum atomic E-state index is -0.495. The van der Waals surface area contributed by atoms with Crippen molar-refractivity contribution in [2.45, 2.75) is 37.4 Å². The molecule has 8 heteroatoms. The third kappa shape index (κ3) is 3.81. The number of carbonyl (C=O) groups excluding carboxylic acids is 3. The standard InChI is InChI=1S/C15H25N3O5/c1-17-10(4-5-13(20)23-3)8-16-15(21)14-11(17)6-7-18(14)12(19)9-22-2/h10-11,14H,4-9H2,1-3H3,(H,16,21)/t10-,11+,14-/m0/s1. The van der Waals surface area contributed by atoms with Crippen LogP contribution in [0, 0.1) is 0 Å². The molecule has 0 bridgehead atoms. The molecule has 2 aliphatic rings. The maximum absolute atomic E-state index is 12.4. The molecule has 3 atom stereocenters. The van der Waals surface area contributed by atoms with Gasteiger partial charge in [-0.25, -0.2) is 0 Å². The second kappa shape index (κ2) is 7.74. The lowest BCUT2D eigenvalue weighted by Gasteiger charge is -2.32. The maximum Gasteiger partial charge on any atom is 0.305 e. The van der Waals surface area contributed by atoms with E-state index < -0.39 is 6.04 Å². The van der Waals surface area contributed by atoms with Crippen LogP contribution in [0.25, 0.3) is 0 Å². The zero-order chi connectivity index (χ0) is 17.0. The van der Waals surface area contributed by atoms with Crippen LogP contribution in [-0.2, 0) is 23.9 Å². The summed E-state index contributed by atoms with van der Waals surface area (Å²) in [4.78, 5) is 39.7. The smallest absolute Gasteiger partial charge is 0.305 e. The maximum atomic E-state index is 12.4. The number of rotatable bonds is 5. The van der Waals surface area contributed by atoms with Crippen LogP contribution in [0.5, 0.6) is 0 Å². The van der Waals surface area contributed by atoms with Gasteiger partial charge in [0.25, 0.3) is 0 Å². The molecule has 0 saturated carbocycles. The lowest BCUT2D eigenvalue weighted by atomic mass is 10.0. The molecule has 2 amide bonds. The second-order valence-electron chi connectivity index (χ2n) is 6.00. The van der Waals surface area contributed by atoms with Crippen LogP contribution in [-0.4, -0.2) is 86.7 Å². The summed E-state index contributed by atoms with van der Waals surface area (Å²) in [6, 6.07) is -0.489. The van der Waals surface area contributed by atoms with Crippen molar-refractivity contribution in [1.82, 2.24) is 15.1 Å². The van der Waals surface area contributed by atoms with Crippen LogP contribution in [0.1, 0.15) is 19.3 Å². The first kappa shape index (κ1) is 17.7. The predicted octanol–water partition coefficient (Wildman–Crippen LogP) is -1.01. The topological polar surface area (TPSA) is 88.2 Å². The van der Waals surface area contributed by atoms with Gasteiger partial charge in [0.05, 0.1) is 7.11 Å². The van der Waals surface area contributed by atoms with Crippen molar-refractivity contribution in [3.05, 3.63) is 0 Å². The largest absolute Gasteiger partial charge is 0.469 e. The molecule has 0 aromatic heterocycles. The first-order valence-corrected chi connectivity index (χ1v) is 7.84. The van der Waals surface area contributed by atoms with E-state index in [0.717, 1.165) is 6.42 Å². The highest BCUT2D eigenvalue weighted by atomic mass is 16.5. The van der Waals surface area contributed by atoms with E-state index in [1.54, 1.807) is 4.90 Å². The average molecular weight is 327 g/mol. The summed E-state index contributed by atoms with van der Waals surface area (Å²) in [5.41, 5.74) is 0. The van der Waals surface area contributed by atoms with E-state index in [2.05, 4.69) is 15.0 Å². The van der Waals surface area contributed by atoms with E-state index in [0.29, 0.717) is 25.9 Å². The summed E-state index contributed by atoms with van der Waals surface area (Å²) in [7, 11) is 4.78. The van der Waals surface area contributed by atoms with E-state index in [1.807, 2.05) is 7.05 Å². The van der Waals surface area contributed by atoms with Gasteiger partial charge in [-0.1, -0.05) is 0 Å². The van der Waals surface area contributed by atoms with Crippen molar-refractivity contribution in [3.63, 3.8) is 0 Å². The molecule has 23 heavy (non-hydrogen) atoms. The van der Waals surface area contributed by atoms with Gasteiger partial charge in [0.2, 0.25) is 11.8 Å². The Bertz CT molecular complexity index is 470. The highest BCUT2D eigenvalue weighted by Crippen LogP contribution is 2.27. The van der Waals surface area contributed by atoms with Gasteiger partial charge in [0, 0.05) is 38.7 Å². The fourth-order valence-electron chi connectivity index (χ4n) is 3.43. The minimum absolute atomic E-state index is 0.0218. The van der Waals surface area contributed by atoms with Gasteiger partial charge in [-0.3, -0.25) is 19.3 Å². The number of fused-ring (bicyclic) bond motifs is 1. The quantitative estimate of drug-likeness (QED) is 0.651. The van der Waals surface area contributed by atoms with Gasteiger partial charge in [-0.15, -0.1) is 0 Å². The molecular formula is C15H25N3O5. The average Bonchev–Trinajstić information content (AvgIpc) is 2.94. The molecule has 0 unspecified atom stereocenters. The second-order valence-corrected chi connectivity index (χ2v) is 6.00. The summed E-state index contributed by atoms with van der Waals surface area (Å²) in [6.07, 6.45) is 1.66. The normalized spacial score (nSPS) is 28.0. The number of methoxy groups -OCH3 is 2. The predicted molar refractivity (Wildman–Crippen MR) is 81.6 cm³/mol. The van der Waals surface area contributed by atoms with Crippen molar-refractivity contribution >= 4 is 17.8 Å². The molecular weight excluding hydrogens is 302 g/mol. The molecule has 8 nitrogen and oxygen atoms in total. The van der Waals surface area contributed by atoms with Gasteiger partial charge in [-0.2, -0.15) is 0 Å². The van der Waals surface area contributed by atoms with Crippen LogP contribution in [0.15, 0.2) is 0 Å². The summed E-state index contributed by atoms with van der Waals surface area (Å²) in [6.45, 7) is 0.983. The molecule has 0 radical (unpaired) electrons. The number of hydrogen-bond donors (Lipinski definition) is 1. The molecule has 0 aromatic carbocycles. The number of hydrogen-bond acceptors (Lipinski definition) is 6. The molecule has 2 aliphatic heterocycles. The monoisotopic (exact) mass is 327 g/mol. The van der Waals surface area contributed by atoms with Crippen LogP contribution in [0.2, 0.25) is 0 Å². The number of nitrogens with one attached hydrogen (secondary N) is 1. The molecule has 2 rings (SSSR count). The number of amides is 2. The van der Waals surface area contributed by atoms with Gasteiger partial charge >= 0.3 is 5.97 Å². The molecule has 2 saturated heterocycles. The van der Waals surface area contributed by atoms with E-state index in [4.69, 9.17) is 4.74 Å². The van der Waals surface area contributed by atoms with E-state index in [-0.39, 0.29) is 36.5 Å². The first-order chi connectivity index (χ1) is 11.0. The van der Waals surface area contributed by atoms with Gasteiger partial charge in [0.15, 0.2) is 0 Å². The number of likely N-dealkylation sites (N-methyl/N-ethyl adjacent to an activating group) is 1. The van der Waals surface area contributed by atoms with Crippen molar-refractivity contribution in [2.75, 3.05) is 41.0 Å². The zero-order valence-corrected chi connectivity index (χ0v) is 13.9. The lowest BCUT2D eigenvalue weighted by molar-refractivity contribution is -0.141. The Kier molecular flexibility index (Phi) is 5.95. The molecule has 130 valence electrons. The summed E-state index contributed by atoms with van der Waals surface area (Å²) in [5, 5.41) is 2.90. The Morgan fingerprint density at radius 3 is 2.74 bits per heavy atom. The van der Waals surface area contributed by atoms with Crippen molar-refractivity contribution in [1.29, 1.82) is 0 Å². The summed E-state index contributed by atoms with van der Waals surface area (Å²) in [5.74, 6) is -0.560. The fraction of sp³-hybridized carbons (Fsp3) is 0.800. The van der Waals surface area contributed by atoms with Crippen molar-refractivity contribution in [3.8, 4) is 0 Å². The molecule has 2 heterocycles. The molecule has 0 spiro atoms. The molecule has 0 aromatic rings. The van der Waals surface area contributed by atoms with Crippen molar-refractivity contribution < 1.29 is 23.9 Å². The van der Waals surface area contributed by atoms with E-state index in [1.165, 1.54) is 14.2 Å². The highest BCUT2D eigenvalue weighted by Gasteiger charge is 2.46. The van der Waals surface area contributed by atoms with E-state index in [9.17, 15) is 14.4 Å². The Hall–Kier alpha value is -1.67. The Morgan fingerprint density at radius 1 is 1.35 bits per heavy atom. The van der Waals surface area contributed by atoms with Crippen LogP contribution in [0.3, 0.4) is 0 Å². The SMILES string of the molecule is COCC(=O)N1CC[C@@H]2[C@H]1C(=O)NC[C@H](CCC(=O)OC)N2C. The van der Waals surface area contributed by atoms with Gasteiger partial charge in [0.1, 0.15) is 12.6 Å². The number of ether oxygens (including phenoxy) is 2. The third-order valence-electron chi connectivity index (χ3n) is 4.74.